The van der Waals surface area contributed by atoms with E-state index >= 15 is 0 Å². The number of aromatic nitrogens is 1. The maximum Gasteiger partial charge on any atom is 0.258 e. The first-order valence-corrected chi connectivity index (χ1v) is 10.5. The van der Waals surface area contributed by atoms with Crippen molar-refractivity contribution in [2.24, 2.45) is 0 Å². The van der Waals surface area contributed by atoms with Crippen molar-refractivity contribution in [1.82, 2.24) is 4.57 Å². The molecule has 4 heteroatoms. The van der Waals surface area contributed by atoms with Crippen molar-refractivity contribution >= 4 is 23.0 Å². The van der Waals surface area contributed by atoms with Crippen LogP contribution in [0, 0.1) is 0 Å². The van der Waals surface area contributed by atoms with E-state index in [0.29, 0.717) is 18.5 Å². The van der Waals surface area contributed by atoms with Crippen molar-refractivity contribution in [2.45, 2.75) is 39.3 Å². The zero-order valence-corrected chi connectivity index (χ0v) is 17.1. The number of fused-ring (bicyclic) bond motifs is 2. The molecule has 1 aliphatic carbocycles. The number of benzene rings is 2. The van der Waals surface area contributed by atoms with Gasteiger partial charge in [0.25, 0.3) is 5.91 Å². The SMILES string of the molecule is CC1=C(c2ccc(C(=O)N3Cc4cccn4Cc4ccccc43)cc2)CCCC1=O. The predicted octanol–water partition coefficient (Wildman–Crippen LogP) is 5.22. The number of anilines is 1. The van der Waals surface area contributed by atoms with Gasteiger partial charge in [-0.15, -0.1) is 0 Å². The lowest BCUT2D eigenvalue weighted by molar-refractivity contribution is -0.115. The van der Waals surface area contributed by atoms with E-state index in [2.05, 4.69) is 22.9 Å². The minimum absolute atomic E-state index is 0.00549. The number of carbonyl (C=O) groups is 2. The van der Waals surface area contributed by atoms with Gasteiger partial charge < -0.3 is 9.47 Å². The standard InChI is InChI=1S/C26H24N2O2/c1-18-23(8-4-10-25(18)29)19-11-13-20(14-12-19)26(30)28-17-22-7-5-15-27(22)16-21-6-2-3-9-24(21)28/h2-3,5-7,9,11-15H,4,8,10,16-17H2,1H3. The number of rotatable bonds is 2. The molecule has 2 aliphatic rings. The summed E-state index contributed by atoms with van der Waals surface area (Å²) in [6.45, 7) is 3.23. The van der Waals surface area contributed by atoms with Gasteiger partial charge in [-0.05, 0) is 72.4 Å². The number of para-hydroxylation sites is 1. The van der Waals surface area contributed by atoms with Crippen LogP contribution < -0.4 is 4.90 Å². The largest absolute Gasteiger partial charge is 0.345 e. The zero-order valence-electron chi connectivity index (χ0n) is 17.1. The van der Waals surface area contributed by atoms with Crippen molar-refractivity contribution in [3.05, 3.63) is 94.8 Å². The molecule has 0 atom stereocenters. The summed E-state index contributed by atoms with van der Waals surface area (Å²) in [4.78, 5) is 27.4. The molecule has 1 aromatic heterocycles. The van der Waals surface area contributed by atoms with Crippen LogP contribution in [-0.4, -0.2) is 16.3 Å². The average molecular weight is 396 g/mol. The highest BCUT2D eigenvalue weighted by atomic mass is 16.2. The number of nitrogens with zero attached hydrogens (tertiary/aromatic N) is 2. The van der Waals surface area contributed by atoms with Gasteiger partial charge >= 0.3 is 0 Å². The molecular weight excluding hydrogens is 372 g/mol. The second kappa shape index (κ2) is 7.45. The maximum absolute atomic E-state index is 13.5. The monoisotopic (exact) mass is 396 g/mol. The van der Waals surface area contributed by atoms with Gasteiger partial charge in [0.05, 0.1) is 6.54 Å². The summed E-state index contributed by atoms with van der Waals surface area (Å²) in [7, 11) is 0. The Hall–Kier alpha value is -3.40. The first kappa shape index (κ1) is 18.6. The molecule has 1 amide bonds. The number of Topliss-reactive ketones (excluding diaryl/α,β-unsaturated/α-hetero) is 1. The van der Waals surface area contributed by atoms with Crippen molar-refractivity contribution in [3.8, 4) is 0 Å². The summed E-state index contributed by atoms with van der Waals surface area (Å²) in [5.74, 6) is 0.231. The molecule has 0 saturated carbocycles. The molecular formula is C26H24N2O2. The highest BCUT2D eigenvalue weighted by molar-refractivity contribution is 6.07. The predicted molar refractivity (Wildman–Crippen MR) is 118 cm³/mol. The fraction of sp³-hybridized carbons (Fsp3) is 0.231. The minimum atomic E-state index is -0.00549. The van der Waals surface area contributed by atoms with Gasteiger partial charge in [-0.1, -0.05) is 30.3 Å². The number of hydrogen-bond donors (Lipinski definition) is 0. The van der Waals surface area contributed by atoms with Gasteiger partial charge in [0, 0.05) is 36.1 Å². The summed E-state index contributed by atoms with van der Waals surface area (Å²) in [6, 6.07) is 20.0. The van der Waals surface area contributed by atoms with Crippen LogP contribution in [0.5, 0.6) is 0 Å². The van der Waals surface area contributed by atoms with Crippen LogP contribution in [0.2, 0.25) is 0 Å². The summed E-state index contributed by atoms with van der Waals surface area (Å²) in [5, 5.41) is 0. The van der Waals surface area contributed by atoms with Crippen LogP contribution >= 0.6 is 0 Å². The van der Waals surface area contributed by atoms with E-state index < -0.39 is 0 Å². The highest BCUT2D eigenvalue weighted by Gasteiger charge is 2.25. The zero-order chi connectivity index (χ0) is 20.7. The third-order valence-corrected chi connectivity index (χ3v) is 6.29. The number of hydrogen-bond acceptors (Lipinski definition) is 2. The van der Waals surface area contributed by atoms with Gasteiger partial charge in [0.1, 0.15) is 0 Å². The fourth-order valence-corrected chi connectivity index (χ4v) is 4.57. The van der Waals surface area contributed by atoms with E-state index in [9.17, 15) is 9.59 Å². The van der Waals surface area contributed by atoms with Crippen LogP contribution in [0.3, 0.4) is 0 Å². The van der Waals surface area contributed by atoms with Crippen LogP contribution in [0.1, 0.15) is 53.4 Å². The first-order valence-electron chi connectivity index (χ1n) is 10.5. The Morgan fingerprint density at radius 2 is 1.70 bits per heavy atom. The Labute approximate surface area is 176 Å². The van der Waals surface area contributed by atoms with Gasteiger partial charge in [-0.2, -0.15) is 0 Å². The number of carbonyl (C=O) groups excluding carboxylic acids is 2. The summed E-state index contributed by atoms with van der Waals surface area (Å²) in [6.07, 6.45) is 4.52. The highest BCUT2D eigenvalue weighted by Crippen LogP contribution is 2.32. The lowest BCUT2D eigenvalue weighted by Gasteiger charge is -2.23. The molecule has 3 aromatic rings. The van der Waals surface area contributed by atoms with Crippen molar-refractivity contribution < 1.29 is 9.59 Å². The van der Waals surface area contributed by atoms with Crippen molar-refractivity contribution in [2.75, 3.05) is 4.90 Å². The van der Waals surface area contributed by atoms with Crippen molar-refractivity contribution in [1.29, 1.82) is 0 Å². The van der Waals surface area contributed by atoms with Crippen LogP contribution in [0.4, 0.5) is 5.69 Å². The third kappa shape index (κ3) is 3.18. The lowest BCUT2D eigenvalue weighted by atomic mass is 9.87. The molecule has 0 spiro atoms. The van der Waals surface area contributed by atoms with E-state index in [0.717, 1.165) is 53.0 Å². The number of allylic oxidation sites excluding steroid dienone is 2. The van der Waals surface area contributed by atoms with Gasteiger partial charge in [0.2, 0.25) is 0 Å². The fourth-order valence-electron chi connectivity index (χ4n) is 4.57. The first-order chi connectivity index (χ1) is 14.6. The molecule has 0 N–H and O–H groups in total. The molecule has 0 saturated heterocycles. The van der Waals surface area contributed by atoms with E-state index in [-0.39, 0.29) is 11.7 Å². The van der Waals surface area contributed by atoms with Crippen LogP contribution in [0.15, 0.2) is 72.4 Å². The van der Waals surface area contributed by atoms with E-state index in [1.54, 1.807) is 0 Å². The smallest absolute Gasteiger partial charge is 0.258 e. The van der Waals surface area contributed by atoms with Gasteiger partial charge in [0.15, 0.2) is 5.78 Å². The second-order valence-corrected chi connectivity index (χ2v) is 8.11. The minimum Gasteiger partial charge on any atom is -0.345 e. The van der Waals surface area contributed by atoms with Crippen LogP contribution in [-0.2, 0) is 17.9 Å². The summed E-state index contributed by atoms with van der Waals surface area (Å²) < 4.78 is 2.20. The maximum atomic E-state index is 13.5. The molecule has 5 rings (SSSR count). The Morgan fingerprint density at radius 1 is 0.900 bits per heavy atom. The molecule has 2 aromatic carbocycles. The second-order valence-electron chi connectivity index (χ2n) is 8.11. The van der Waals surface area contributed by atoms with E-state index in [1.807, 2.05) is 60.4 Å². The molecule has 2 heterocycles. The Bertz CT molecular complexity index is 1170. The summed E-state index contributed by atoms with van der Waals surface area (Å²) >= 11 is 0. The lowest BCUT2D eigenvalue weighted by Crippen LogP contribution is -2.30. The van der Waals surface area contributed by atoms with Gasteiger partial charge in [-0.25, -0.2) is 0 Å². The Balaban J connectivity index is 1.49. The van der Waals surface area contributed by atoms with E-state index in [1.165, 1.54) is 0 Å². The normalized spacial score (nSPS) is 16.2. The Morgan fingerprint density at radius 3 is 2.53 bits per heavy atom. The topological polar surface area (TPSA) is 42.3 Å². The Kier molecular flexibility index (Phi) is 4.62. The molecule has 0 bridgehead atoms. The number of ketones is 1. The van der Waals surface area contributed by atoms with Gasteiger partial charge in [-0.3, -0.25) is 9.59 Å². The molecule has 0 radical (unpaired) electrons. The average Bonchev–Trinajstić information content (AvgIpc) is 3.14. The molecule has 0 fully saturated rings. The molecule has 30 heavy (non-hydrogen) atoms. The van der Waals surface area contributed by atoms with Crippen molar-refractivity contribution in [3.63, 3.8) is 0 Å². The van der Waals surface area contributed by atoms with E-state index in [4.69, 9.17) is 0 Å². The molecule has 150 valence electrons. The molecule has 0 unspecified atom stereocenters. The quantitative estimate of drug-likeness (QED) is 0.596. The molecule has 4 nitrogen and oxygen atoms in total. The van der Waals surface area contributed by atoms with Crippen LogP contribution in [0.25, 0.3) is 5.57 Å². The summed E-state index contributed by atoms with van der Waals surface area (Å²) in [5.41, 5.74) is 6.91. The third-order valence-electron chi connectivity index (χ3n) is 6.29. The molecule has 1 aliphatic heterocycles. The number of amides is 1.